The predicted octanol–water partition coefficient (Wildman–Crippen LogP) is 4.14. The van der Waals surface area contributed by atoms with Gasteiger partial charge in [0.05, 0.1) is 30.6 Å². The van der Waals surface area contributed by atoms with Crippen LogP contribution in [0, 0.1) is 0 Å². The number of sulfonamides is 1. The van der Waals surface area contributed by atoms with Crippen LogP contribution in [0.5, 0.6) is 11.5 Å². The first-order valence-corrected chi connectivity index (χ1v) is 10.9. The van der Waals surface area contributed by atoms with Crippen molar-refractivity contribution in [1.29, 1.82) is 0 Å². The molecule has 0 fully saturated rings. The summed E-state index contributed by atoms with van der Waals surface area (Å²) in [4.78, 5) is 12.2. The third-order valence-electron chi connectivity index (χ3n) is 4.10. The minimum Gasteiger partial charge on any atom is -0.495 e. The Labute approximate surface area is 180 Å². The van der Waals surface area contributed by atoms with Crippen LogP contribution in [0.4, 0.5) is 11.4 Å². The fraction of sp³-hybridized carbons (Fsp3) is 0.136. The van der Waals surface area contributed by atoms with Crippen molar-refractivity contribution in [3.63, 3.8) is 0 Å². The van der Waals surface area contributed by atoms with E-state index >= 15 is 0 Å². The number of hydrogen-bond acceptors (Lipinski definition) is 6. The van der Waals surface area contributed by atoms with E-state index in [1.54, 1.807) is 36.4 Å². The largest absolute Gasteiger partial charge is 0.495 e. The Bertz CT molecular complexity index is 1150. The van der Waals surface area contributed by atoms with Gasteiger partial charge < -0.3 is 19.2 Å². The van der Waals surface area contributed by atoms with Crippen LogP contribution in [0.2, 0.25) is 0 Å². The topological polar surface area (TPSA) is 107 Å². The van der Waals surface area contributed by atoms with E-state index in [2.05, 4.69) is 10.0 Å². The quantitative estimate of drug-likeness (QED) is 0.483. The van der Waals surface area contributed by atoms with Gasteiger partial charge in [0.2, 0.25) is 5.91 Å². The maximum Gasteiger partial charge on any atom is 0.261 e. The lowest BCUT2D eigenvalue weighted by Gasteiger charge is -2.13. The molecule has 0 spiro atoms. The average molecular weight is 442 g/mol. The Morgan fingerprint density at radius 1 is 1.13 bits per heavy atom. The molecule has 2 N–H and O–H groups in total. The molecule has 1 amide bonds. The molecular weight excluding hydrogens is 420 g/mol. The second-order valence-corrected chi connectivity index (χ2v) is 7.95. The monoisotopic (exact) mass is 442 g/mol. The Balaban J connectivity index is 1.78. The summed E-state index contributed by atoms with van der Waals surface area (Å²) in [7, 11) is -2.47. The van der Waals surface area contributed by atoms with Gasteiger partial charge in [-0.2, -0.15) is 0 Å². The molecule has 8 nitrogen and oxygen atoms in total. The zero-order chi connectivity index (χ0) is 22.3. The first-order valence-electron chi connectivity index (χ1n) is 9.37. The molecule has 162 valence electrons. The van der Waals surface area contributed by atoms with E-state index in [1.165, 1.54) is 43.7 Å². The minimum absolute atomic E-state index is 0.0347. The standard InChI is InChI=1S/C22H22N2O6S/c1-3-29-18-8-6-16(7-9-18)24-31(26,27)19-11-12-21(28-2)20(15-19)23-22(25)13-10-17-5-4-14-30-17/h4-15,24H,3H2,1-2H3,(H,23,25). The number of anilines is 2. The minimum atomic E-state index is -3.90. The molecule has 0 atom stereocenters. The first-order chi connectivity index (χ1) is 14.9. The van der Waals surface area contributed by atoms with Crippen molar-refractivity contribution in [2.45, 2.75) is 11.8 Å². The van der Waals surface area contributed by atoms with Gasteiger partial charge in [-0.05, 0) is 67.6 Å². The van der Waals surface area contributed by atoms with Crippen molar-refractivity contribution in [3.8, 4) is 11.5 Å². The first kappa shape index (κ1) is 22.0. The molecule has 0 aliphatic heterocycles. The van der Waals surface area contributed by atoms with Crippen LogP contribution < -0.4 is 19.5 Å². The van der Waals surface area contributed by atoms with E-state index in [1.807, 2.05) is 6.92 Å². The second-order valence-electron chi connectivity index (χ2n) is 6.26. The molecule has 0 aliphatic rings. The van der Waals surface area contributed by atoms with E-state index < -0.39 is 15.9 Å². The SMILES string of the molecule is CCOc1ccc(NS(=O)(=O)c2ccc(OC)c(NC(=O)C=Cc3ccco3)c2)cc1. The van der Waals surface area contributed by atoms with Crippen molar-refractivity contribution in [2.75, 3.05) is 23.8 Å². The van der Waals surface area contributed by atoms with Crippen molar-refractivity contribution in [2.24, 2.45) is 0 Å². The number of nitrogens with one attached hydrogen (secondary N) is 2. The molecule has 3 aromatic rings. The normalized spacial score (nSPS) is 11.3. The van der Waals surface area contributed by atoms with Crippen LogP contribution in [-0.2, 0) is 14.8 Å². The predicted molar refractivity (Wildman–Crippen MR) is 118 cm³/mol. The maximum absolute atomic E-state index is 12.8. The van der Waals surface area contributed by atoms with Crippen molar-refractivity contribution < 1.29 is 27.1 Å². The average Bonchev–Trinajstić information content (AvgIpc) is 3.27. The lowest BCUT2D eigenvalue weighted by Crippen LogP contribution is -2.14. The number of hydrogen-bond donors (Lipinski definition) is 2. The highest BCUT2D eigenvalue weighted by Crippen LogP contribution is 2.29. The van der Waals surface area contributed by atoms with E-state index in [9.17, 15) is 13.2 Å². The summed E-state index contributed by atoms with van der Waals surface area (Å²) < 4.78 is 43.8. The van der Waals surface area contributed by atoms with Gasteiger partial charge in [-0.15, -0.1) is 0 Å². The molecule has 3 rings (SSSR count). The van der Waals surface area contributed by atoms with Crippen molar-refractivity contribution >= 4 is 33.4 Å². The molecule has 1 aromatic heterocycles. The fourth-order valence-electron chi connectivity index (χ4n) is 2.67. The summed E-state index contributed by atoms with van der Waals surface area (Å²) in [6.07, 6.45) is 4.26. The molecule has 2 aromatic carbocycles. The Morgan fingerprint density at radius 3 is 2.55 bits per heavy atom. The highest BCUT2D eigenvalue weighted by atomic mass is 32.2. The molecule has 0 bridgehead atoms. The van der Waals surface area contributed by atoms with Gasteiger partial charge in [0.1, 0.15) is 17.3 Å². The lowest BCUT2D eigenvalue weighted by atomic mass is 10.3. The summed E-state index contributed by atoms with van der Waals surface area (Å²) >= 11 is 0. The third-order valence-corrected chi connectivity index (χ3v) is 5.48. The van der Waals surface area contributed by atoms with E-state index in [-0.39, 0.29) is 10.6 Å². The number of ether oxygens (including phenoxy) is 2. The zero-order valence-electron chi connectivity index (χ0n) is 17.0. The van der Waals surface area contributed by atoms with Gasteiger partial charge in [0.25, 0.3) is 10.0 Å². The molecule has 9 heteroatoms. The molecular formula is C22H22N2O6S. The van der Waals surface area contributed by atoms with Gasteiger partial charge in [0.15, 0.2) is 0 Å². The Kier molecular flexibility index (Phi) is 6.99. The summed E-state index contributed by atoms with van der Waals surface area (Å²) in [6, 6.07) is 14.1. The van der Waals surface area contributed by atoms with E-state index in [0.717, 1.165) is 0 Å². The number of carbonyl (C=O) groups is 1. The molecule has 0 unspecified atom stereocenters. The molecule has 0 saturated heterocycles. The van der Waals surface area contributed by atoms with Gasteiger partial charge >= 0.3 is 0 Å². The van der Waals surface area contributed by atoms with Gasteiger partial charge in [-0.1, -0.05) is 0 Å². The van der Waals surface area contributed by atoms with Gasteiger partial charge in [0, 0.05) is 11.8 Å². The van der Waals surface area contributed by atoms with E-state index in [0.29, 0.717) is 29.6 Å². The van der Waals surface area contributed by atoms with Gasteiger partial charge in [-0.3, -0.25) is 9.52 Å². The highest BCUT2D eigenvalue weighted by molar-refractivity contribution is 7.92. The number of rotatable bonds is 9. The van der Waals surface area contributed by atoms with Crippen LogP contribution in [0.3, 0.4) is 0 Å². The molecule has 0 aliphatic carbocycles. The lowest BCUT2D eigenvalue weighted by molar-refractivity contribution is -0.111. The third kappa shape index (κ3) is 5.89. The Morgan fingerprint density at radius 2 is 1.90 bits per heavy atom. The molecule has 31 heavy (non-hydrogen) atoms. The van der Waals surface area contributed by atoms with Crippen LogP contribution >= 0.6 is 0 Å². The summed E-state index contributed by atoms with van der Waals surface area (Å²) in [5.74, 6) is 1.00. The molecule has 0 saturated carbocycles. The number of carbonyl (C=O) groups excluding carboxylic acids is 1. The molecule has 1 heterocycles. The number of benzene rings is 2. The molecule has 0 radical (unpaired) electrons. The van der Waals surface area contributed by atoms with Crippen LogP contribution in [-0.4, -0.2) is 28.0 Å². The van der Waals surface area contributed by atoms with Crippen molar-refractivity contribution in [1.82, 2.24) is 0 Å². The van der Waals surface area contributed by atoms with Gasteiger partial charge in [-0.25, -0.2) is 8.42 Å². The van der Waals surface area contributed by atoms with Crippen LogP contribution in [0.15, 0.2) is 76.2 Å². The summed E-state index contributed by atoms with van der Waals surface area (Å²) in [5, 5.41) is 2.62. The number of amides is 1. The van der Waals surface area contributed by atoms with E-state index in [4.69, 9.17) is 13.9 Å². The number of methoxy groups -OCH3 is 1. The summed E-state index contributed by atoms with van der Waals surface area (Å²) in [6.45, 7) is 2.38. The van der Waals surface area contributed by atoms with Crippen LogP contribution in [0.25, 0.3) is 6.08 Å². The summed E-state index contributed by atoms with van der Waals surface area (Å²) in [5.41, 5.74) is 0.595. The maximum atomic E-state index is 12.8. The smallest absolute Gasteiger partial charge is 0.261 e. The number of furan rings is 1. The Hall–Kier alpha value is -3.72. The second kappa shape index (κ2) is 9.86. The zero-order valence-corrected chi connectivity index (χ0v) is 17.8. The van der Waals surface area contributed by atoms with Crippen LogP contribution in [0.1, 0.15) is 12.7 Å². The fourth-order valence-corrected chi connectivity index (χ4v) is 3.75. The highest BCUT2D eigenvalue weighted by Gasteiger charge is 2.17. The van der Waals surface area contributed by atoms with Crippen molar-refractivity contribution in [3.05, 3.63) is 72.7 Å².